The average Bonchev–Trinajstić information content (AvgIpc) is 3.13. The second-order valence-electron chi connectivity index (χ2n) is 9.32. The van der Waals surface area contributed by atoms with Crippen molar-refractivity contribution in [2.24, 2.45) is 5.10 Å². The van der Waals surface area contributed by atoms with Crippen molar-refractivity contribution in [3.63, 3.8) is 0 Å². The summed E-state index contributed by atoms with van der Waals surface area (Å²) in [6.07, 6.45) is 5.98. The summed E-state index contributed by atoms with van der Waals surface area (Å²) in [5.41, 5.74) is 5.02. The van der Waals surface area contributed by atoms with E-state index < -0.39 is 17.8 Å². The molecule has 0 fully saturated rings. The highest BCUT2D eigenvalue weighted by atomic mass is 79.9. The molecule has 42 heavy (non-hydrogen) atoms. The monoisotopic (exact) mass is 675 g/mol. The number of carbonyl (C=O) groups is 3. The number of nitrogens with zero attached hydrogens (tertiary/aromatic N) is 1. The molecule has 0 radical (unpaired) electrons. The topological polar surface area (TPSA) is 115 Å². The third-order valence-electron chi connectivity index (χ3n) is 6.34. The maximum absolute atomic E-state index is 12.7. The first-order valence-electron chi connectivity index (χ1n) is 13.6. The van der Waals surface area contributed by atoms with Crippen LogP contribution in [0.25, 0.3) is 0 Å². The van der Waals surface area contributed by atoms with E-state index in [1.807, 2.05) is 19.1 Å². The third-order valence-corrected chi connectivity index (χ3v) is 8.39. The van der Waals surface area contributed by atoms with E-state index in [2.05, 4.69) is 31.8 Å². The number of hydrogen-bond donors (Lipinski definition) is 2. The highest BCUT2D eigenvalue weighted by Gasteiger charge is 2.28. The van der Waals surface area contributed by atoms with E-state index in [-0.39, 0.29) is 6.61 Å². The molecule has 0 unspecified atom stereocenters. The van der Waals surface area contributed by atoms with Crippen molar-refractivity contribution in [2.75, 3.05) is 18.5 Å². The lowest BCUT2D eigenvalue weighted by atomic mass is 10.1. The molecule has 0 atom stereocenters. The standard InChI is InChI=1S/C30H31BrClN3O6S/c1-3-39-23-15-19(14-22(31)26(23)41-17-18-10-12-20(32)13-11-18)16-33-35-28(37)27(36)34-29-25(30(38)40-4-2)21-8-6-5-7-9-24(21)42-29/h10-16H,3-9,17H2,1-2H3,(H,34,36)(H,35,37)/b33-16+. The molecule has 12 heteroatoms. The Morgan fingerprint density at radius 2 is 1.79 bits per heavy atom. The van der Waals surface area contributed by atoms with Gasteiger partial charge in [0.25, 0.3) is 0 Å². The van der Waals surface area contributed by atoms with E-state index in [0.29, 0.717) is 50.3 Å². The fourth-order valence-corrected chi connectivity index (χ4v) is 6.40. The number of thiophene rings is 1. The average molecular weight is 677 g/mol. The zero-order valence-electron chi connectivity index (χ0n) is 23.3. The Morgan fingerprint density at radius 1 is 1.02 bits per heavy atom. The van der Waals surface area contributed by atoms with E-state index in [9.17, 15) is 14.4 Å². The number of halogens is 2. The molecule has 0 bridgehead atoms. The number of aryl methyl sites for hydroxylation is 1. The third kappa shape index (κ3) is 8.11. The number of ether oxygens (including phenoxy) is 3. The summed E-state index contributed by atoms with van der Waals surface area (Å²) < 4.78 is 17.6. The molecule has 0 saturated carbocycles. The fourth-order valence-electron chi connectivity index (χ4n) is 4.43. The van der Waals surface area contributed by atoms with Gasteiger partial charge in [-0.2, -0.15) is 5.10 Å². The first-order valence-corrected chi connectivity index (χ1v) is 15.6. The van der Waals surface area contributed by atoms with Gasteiger partial charge in [-0.3, -0.25) is 9.59 Å². The summed E-state index contributed by atoms with van der Waals surface area (Å²) in [6.45, 7) is 4.50. The van der Waals surface area contributed by atoms with Crippen LogP contribution in [0.5, 0.6) is 11.5 Å². The van der Waals surface area contributed by atoms with Gasteiger partial charge >= 0.3 is 17.8 Å². The van der Waals surface area contributed by atoms with Crippen LogP contribution < -0.4 is 20.2 Å². The number of nitrogens with one attached hydrogen (secondary N) is 2. The fraction of sp³-hybridized carbons (Fsp3) is 0.333. The summed E-state index contributed by atoms with van der Waals surface area (Å²) in [5, 5.41) is 7.50. The van der Waals surface area contributed by atoms with E-state index >= 15 is 0 Å². The van der Waals surface area contributed by atoms with Gasteiger partial charge in [-0.05, 0) is 96.4 Å². The zero-order chi connectivity index (χ0) is 30.1. The number of anilines is 1. The minimum absolute atomic E-state index is 0.211. The molecule has 1 aliphatic rings. The SMILES string of the molecule is CCOC(=O)c1c(NC(=O)C(=O)N/N=C/c2cc(Br)c(OCc3ccc(Cl)cc3)c(OCC)c2)sc2c1CCCCC2. The van der Waals surface area contributed by atoms with Gasteiger partial charge in [0.15, 0.2) is 11.5 Å². The van der Waals surface area contributed by atoms with Crippen LogP contribution in [0, 0.1) is 0 Å². The summed E-state index contributed by atoms with van der Waals surface area (Å²) in [5.74, 6) is -1.41. The predicted octanol–water partition coefficient (Wildman–Crippen LogP) is 6.68. The van der Waals surface area contributed by atoms with Crippen LogP contribution in [0.1, 0.15) is 65.0 Å². The summed E-state index contributed by atoms with van der Waals surface area (Å²) in [7, 11) is 0. The van der Waals surface area contributed by atoms with Gasteiger partial charge in [-0.25, -0.2) is 10.2 Å². The Morgan fingerprint density at radius 3 is 2.52 bits per heavy atom. The predicted molar refractivity (Wildman–Crippen MR) is 167 cm³/mol. The maximum Gasteiger partial charge on any atom is 0.341 e. The van der Waals surface area contributed by atoms with Gasteiger partial charge in [-0.15, -0.1) is 11.3 Å². The zero-order valence-corrected chi connectivity index (χ0v) is 26.4. The van der Waals surface area contributed by atoms with Crippen LogP contribution >= 0.6 is 38.9 Å². The molecule has 2 amide bonds. The minimum Gasteiger partial charge on any atom is -0.490 e. The number of fused-ring (bicyclic) bond motifs is 1. The lowest BCUT2D eigenvalue weighted by molar-refractivity contribution is -0.136. The van der Waals surface area contributed by atoms with Crippen molar-refractivity contribution in [3.05, 3.63) is 73.0 Å². The first kappa shape index (κ1) is 31.5. The van der Waals surface area contributed by atoms with Crippen LogP contribution in [-0.4, -0.2) is 37.2 Å². The quantitative estimate of drug-likeness (QED) is 0.0815. The number of hydrogen-bond acceptors (Lipinski definition) is 8. The molecule has 4 rings (SSSR count). The van der Waals surface area contributed by atoms with Crippen LogP contribution in [0.2, 0.25) is 5.02 Å². The van der Waals surface area contributed by atoms with Crippen molar-refractivity contribution in [1.82, 2.24) is 5.43 Å². The number of benzene rings is 2. The Bertz CT molecular complexity index is 1470. The molecule has 0 spiro atoms. The maximum atomic E-state index is 12.7. The molecule has 1 aromatic heterocycles. The smallest absolute Gasteiger partial charge is 0.341 e. The molecule has 0 aliphatic heterocycles. The molecule has 1 aliphatic carbocycles. The van der Waals surface area contributed by atoms with Crippen molar-refractivity contribution < 1.29 is 28.6 Å². The van der Waals surface area contributed by atoms with Crippen molar-refractivity contribution in [1.29, 1.82) is 0 Å². The molecule has 2 aromatic carbocycles. The molecule has 1 heterocycles. The Kier molecular flexibility index (Phi) is 11.4. The molecular weight excluding hydrogens is 646 g/mol. The van der Waals surface area contributed by atoms with Crippen LogP contribution in [0.3, 0.4) is 0 Å². The molecule has 222 valence electrons. The number of carbonyl (C=O) groups excluding carboxylic acids is 3. The van der Waals surface area contributed by atoms with Crippen LogP contribution in [0.15, 0.2) is 46.0 Å². The summed E-state index contributed by atoms with van der Waals surface area (Å²) in [6, 6.07) is 10.8. The molecule has 2 N–H and O–H groups in total. The van der Waals surface area contributed by atoms with Gasteiger partial charge in [0.2, 0.25) is 0 Å². The molecule has 9 nitrogen and oxygen atoms in total. The normalized spacial score (nSPS) is 12.8. The van der Waals surface area contributed by atoms with E-state index in [0.717, 1.165) is 48.1 Å². The van der Waals surface area contributed by atoms with E-state index in [4.69, 9.17) is 25.8 Å². The number of hydrazone groups is 1. The largest absolute Gasteiger partial charge is 0.490 e. The molecule has 3 aromatic rings. The summed E-state index contributed by atoms with van der Waals surface area (Å²) in [4.78, 5) is 39.0. The Hall–Kier alpha value is -3.41. The van der Waals surface area contributed by atoms with E-state index in [1.165, 1.54) is 17.6 Å². The van der Waals surface area contributed by atoms with E-state index in [1.54, 1.807) is 31.2 Å². The van der Waals surface area contributed by atoms with Gasteiger partial charge < -0.3 is 19.5 Å². The Balaban J connectivity index is 1.42. The van der Waals surface area contributed by atoms with Crippen LogP contribution in [0.4, 0.5) is 5.00 Å². The highest BCUT2D eigenvalue weighted by molar-refractivity contribution is 9.10. The lowest BCUT2D eigenvalue weighted by Crippen LogP contribution is -2.32. The van der Waals surface area contributed by atoms with Crippen molar-refractivity contribution >= 4 is 67.9 Å². The number of esters is 1. The number of amides is 2. The highest BCUT2D eigenvalue weighted by Crippen LogP contribution is 2.39. The second kappa shape index (κ2) is 15.2. The van der Waals surface area contributed by atoms with Gasteiger partial charge in [0.1, 0.15) is 11.6 Å². The van der Waals surface area contributed by atoms with Crippen LogP contribution in [-0.2, 0) is 33.8 Å². The minimum atomic E-state index is -0.975. The Labute approximate surface area is 261 Å². The van der Waals surface area contributed by atoms with Crippen molar-refractivity contribution in [2.45, 2.75) is 52.6 Å². The lowest BCUT2D eigenvalue weighted by Gasteiger charge is -2.14. The molecular formula is C30H31BrClN3O6S. The van der Waals surface area contributed by atoms with Gasteiger partial charge in [-0.1, -0.05) is 30.2 Å². The van der Waals surface area contributed by atoms with Gasteiger partial charge in [0.05, 0.1) is 29.5 Å². The van der Waals surface area contributed by atoms with Gasteiger partial charge in [0, 0.05) is 9.90 Å². The van der Waals surface area contributed by atoms with Crippen molar-refractivity contribution in [3.8, 4) is 11.5 Å². The number of rotatable bonds is 10. The second-order valence-corrected chi connectivity index (χ2v) is 11.7. The first-order chi connectivity index (χ1) is 20.3. The molecule has 0 saturated heterocycles. The summed E-state index contributed by atoms with van der Waals surface area (Å²) >= 11 is 10.8.